The van der Waals surface area contributed by atoms with Crippen molar-refractivity contribution in [1.29, 1.82) is 0 Å². The van der Waals surface area contributed by atoms with Gasteiger partial charge < -0.3 is 15.0 Å². The van der Waals surface area contributed by atoms with Gasteiger partial charge in [0.1, 0.15) is 18.9 Å². The maximum absolute atomic E-state index is 12.1. The van der Waals surface area contributed by atoms with Crippen LogP contribution in [0, 0.1) is 0 Å². The molecule has 0 aliphatic carbocycles. The van der Waals surface area contributed by atoms with Crippen LogP contribution in [0.3, 0.4) is 0 Å². The molecule has 2 rings (SSSR count). The molecule has 0 aliphatic rings. The molecule has 0 saturated carbocycles. The normalized spacial score (nSPS) is 11.6. The van der Waals surface area contributed by atoms with E-state index in [0.717, 1.165) is 28.3 Å². The van der Waals surface area contributed by atoms with Crippen LogP contribution in [0.25, 0.3) is 0 Å². The second kappa shape index (κ2) is 9.87. The number of rotatable bonds is 9. The fraction of sp³-hybridized carbons (Fsp3) is 0.250. The van der Waals surface area contributed by atoms with E-state index in [-0.39, 0.29) is 5.91 Å². The van der Waals surface area contributed by atoms with Crippen molar-refractivity contribution in [2.24, 2.45) is 0 Å². The fourth-order valence-corrected chi connectivity index (χ4v) is 2.67. The first-order valence-electron chi connectivity index (χ1n) is 8.22. The summed E-state index contributed by atoms with van der Waals surface area (Å²) in [6.07, 6.45) is 1.72. The molecule has 1 unspecified atom stereocenters. The van der Waals surface area contributed by atoms with Crippen molar-refractivity contribution in [2.75, 3.05) is 20.2 Å². The second-order valence-corrected chi connectivity index (χ2v) is 6.40. The van der Waals surface area contributed by atoms with Crippen molar-refractivity contribution in [3.63, 3.8) is 0 Å². The van der Waals surface area contributed by atoms with Crippen LogP contribution >= 0.6 is 11.6 Å². The maximum atomic E-state index is 12.1. The monoisotopic (exact) mass is 359 g/mol. The predicted octanol–water partition coefficient (Wildman–Crippen LogP) is 2.24. The van der Waals surface area contributed by atoms with Gasteiger partial charge in [0.25, 0.3) is 5.91 Å². The molecule has 0 saturated heterocycles. The highest BCUT2D eigenvalue weighted by Gasteiger charge is 2.10. The van der Waals surface area contributed by atoms with Crippen molar-refractivity contribution in [3.8, 4) is 5.75 Å². The summed E-state index contributed by atoms with van der Waals surface area (Å²) in [6, 6.07) is 15.4. The summed E-state index contributed by atoms with van der Waals surface area (Å²) in [5.41, 5.74) is 2.15. The lowest BCUT2D eigenvalue weighted by molar-refractivity contribution is -0.885. The lowest BCUT2D eigenvalue weighted by atomic mass is 10.2. The lowest BCUT2D eigenvalue weighted by Crippen LogP contribution is -3.08. The number of ether oxygens (including phenoxy) is 1. The first-order valence-corrected chi connectivity index (χ1v) is 8.59. The third kappa shape index (κ3) is 6.99. The van der Waals surface area contributed by atoms with Crippen LogP contribution in [0.2, 0.25) is 5.02 Å². The molecule has 2 aromatic carbocycles. The Hall–Kier alpha value is -2.30. The summed E-state index contributed by atoms with van der Waals surface area (Å²) in [5, 5.41) is 3.60. The van der Waals surface area contributed by atoms with Crippen LogP contribution in [0.4, 0.5) is 0 Å². The van der Waals surface area contributed by atoms with Gasteiger partial charge in [0.2, 0.25) is 0 Å². The van der Waals surface area contributed by atoms with Crippen LogP contribution in [0.15, 0.2) is 61.2 Å². The summed E-state index contributed by atoms with van der Waals surface area (Å²) < 4.78 is 5.46. The molecule has 5 heteroatoms. The number of quaternary nitrogens is 1. The first-order chi connectivity index (χ1) is 12.1. The second-order valence-electron chi connectivity index (χ2n) is 5.96. The molecule has 2 aromatic rings. The van der Waals surface area contributed by atoms with E-state index in [2.05, 4.69) is 11.9 Å². The molecule has 2 N–H and O–H groups in total. The van der Waals surface area contributed by atoms with E-state index in [4.69, 9.17) is 16.3 Å². The molecule has 0 fully saturated rings. The van der Waals surface area contributed by atoms with Gasteiger partial charge in [0.05, 0.1) is 7.05 Å². The molecule has 0 radical (unpaired) electrons. The SMILES string of the molecule is C=CCOc1ccc(C[NH+](C)CC(=O)NCc2cccc(Cl)c2)cc1. The standard InChI is InChI=1S/C20H23ClN2O2/c1-3-11-25-19-9-7-16(8-10-19)14-23(2)15-20(24)22-13-17-5-4-6-18(21)12-17/h3-10,12H,1,11,13-15H2,2H3,(H,22,24)/p+1. The summed E-state index contributed by atoms with van der Waals surface area (Å²) in [4.78, 5) is 13.2. The zero-order chi connectivity index (χ0) is 18.1. The highest BCUT2D eigenvalue weighted by Crippen LogP contribution is 2.11. The summed E-state index contributed by atoms with van der Waals surface area (Å²) in [6.45, 7) is 5.79. The Balaban J connectivity index is 1.76. The summed E-state index contributed by atoms with van der Waals surface area (Å²) in [7, 11) is 2.00. The average molecular weight is 360 g/mol. The van der Waals surface area contributed by atoms with Crippen molar-refractivity contribution in [3.05, 3.63) is 77.3 Å². The molecule has 0 aliphatic heterocycles. The zero-order valence-corrected chi connectivity index (χ0v) is 15.2. The molecule has 25 heavy (non-hydrogen) atoms. The minimum absolute atomic E-state index is 0.0170. The topological polar surface area (TPSA) is 42.8 Å². The Kier molecular flexibility index (Phi) is 7.51. The Morgan fingerprint density at radius 3 is 2.68 bits per heavy atom. The molecule has 1 amide bonds. The van der Waals surface area contributed by atoms with Crippen LogP contribution in [0.5, 0.6) is 5.75 Å². The zero-order valence-electron chi connectivity index (χ0n) is 14.4. The Labute approximate surface area is 154 Å². The van der Waals surface area contributed by atoms with Gasteiger partial charge in [0.15, 0.2) is 6.54 Å². The van der Waals surface area contributed by atoms with Gasteiger partial charge >= 0.3 is 0 Å². The van der Waals surface area contributed by atoms with Gasteiger partial charge in [-0.1, -0.05) is 36.4 Å². The van der Waals surface area contributed by atoms with Crippen molar-refractivity contribution in [2.45, 2.75) is 13.1 Å². The van der Waals surface area contributed by atoms with Crippen LogP contribution in [0.1, 0.15) is 11.1 Å². The van der Waals surface area contributed by atoms with E-state index in [1.165, 1.54) is 0 Å². The molecule has 132 valence electrons. The molecule has 0 spiro atoms. The minimum atomic E-state index is 0.0170. The van der Waals surface area contributed by atoms with Gasteiger partial charge in [-0.25, -0.2) is 0 Å². The lowest BCUT2D eigenvalue weighted by Gasteiger charge is -2.14. The molecular weight excluding hydrogens is 336 g/mol. The molecule has 0 aromatic heterocycles. The Morgan fingerprint density at radius 2 is 2.00 bits per heavy atom. The number of likely N-dealkylation sites (N-methyl/N-ethyl adjacent to an activating group) is 1. The van der Waals surface area contributed by atoms with E-state index in [9.17, 15) is 4.79 Å². The molecule has 0 heterocycles. The van der Waals surface area contributed by atoms with Gasteiger partial charge in [-0.05, 0) is 42.0 Å². The van der Waals surface area contributed by atoms with Gasteiger partial charge in [-0.3, -0.25) is 4.79 Å². The number of amides is 1. The van der Waals surface area contributed by atoms with E-state index in [0.29, 0.717) is 24.7 Å². The largest absolute Gasteiger partial charge is 0.490 e. The van der Waals surface area contributed by atoms with Gasteiger partial charge in [-0.2, -0.15) is 0 Å². The molecular formula is C20H24ClN2O2+. The van der Waals surface area contributed by atoms with Crippen LogP contribution < -0.4 is 15.0 Å². The quantitative estimate of drug-likeness (QED) is 0.674. The first kappa shape index (κ1) is 19.0. The third-order valence-corrected chi connectivity index (χ3v) is 3.87. The number of halogens is 1. The number of hydrogen-bond acceptors (Lipinski definition) is 2. The highest BCUT2D eigenvalue weighted by atomic mass is 35.5. The minimum Gasteiger partial charge on any atom is -0.490 e. The number of hydrogen-bond donors (Lipinski definition) is 2. The predicted molar refractivity (Wildman–Crippen MR) is 101 cm³/mol. The Bertz CT molecular complexity index is 701. The van der Waals surface area contributed by atoms with E-state index in [1.54, 1.807) is 6.08 Å². The van der Waals surface area contributed by atoms with Crippen LogP contribution in [-0.4, -0.2) is 26.1 Å². The molecule has 0 bridgehead atoms. The number of benzene rings is 2. The fourth-order valence-electron chi connectivity index (χ4n) is 2.45. The summed E-state index contributed by atoms with van der Waals surface area (Å²) in [5.74, 6) is 0.837. The van der Waals surface area contributed by atoms with Crippen molar-refractivity contribution < 1.29 is 14.4 Å². The highest BCUT2D eigenvalue weighted by molar-refractivity contribution is 6.30. The van der Waals surface area contributed by atoms with E-state index >= 15 is 0 Å². The average Bonchev–Trinajstić information content (AvgIpc) is 2.59. The molecule has 1 atom stereocenters. The maximum Gasteiger partial charge on any atom is 0.275 e. The number of nitrogens with one attached hydrogen (secondary N) is 2. The van der Waals surface area contributed by atoms with Gasteiger partial charge in [0, 0.05) is 17.1 Å². The van der Waals surface area contributed by atoms with E-state index in [1.807, 2.05) is 55.6 Å². The molecule has 4 nitrogen and oxygen atoms in total. The van der Waals surface area contributed by atoms with Crippen LogP contribution in [-0.2, 0) is 17.9 Å². The number of carbonyl (C=O) groups is 1. The Morgan fingerprint density at radius 1 is 1.24 bits per heavy atom. The van der Waals surface area contributed by atoms with E-state index < -0.39 is 0 Å². The third-order valence-electron chi connectivity index (χ3n) is 3.64. The summed E-state index contributed by atoms with van der Waals surface area (Å²) >= 11 is 5.94. The smallest absolute Gasteiger partial charge is 0.275 e. The van der Waals surface area contributed by atoms with Crippen molar-refractivity contribution >= 4 is 17.5 Å². The van der Waals surface area contributed by atoms with Gasteiger partial charge in [-0.15, -0.1) is 0 Å². The number of carbonyl (C=O) groups excluding carboxylic acids is 1. The van der Waals surface area contributed by atoms with Crippen molar-refractivity contribution in [1.82, 2.24) is 5.32 Å².